The smallest absolute Gasteiger partial charge is 0.463 e. The van der Waals surface area contributed by atoms with Gasteiger partial charge in [0.15, 0.2) is 49.1 Å². The van der Waals surface area contributed by atoms with Crippen LogP contribution >= 0.6 is 16.3 Å². The van der Waals surface area contributed by atoms with Crippen LogP contribution in [-0.4, -0.2) is 262 Å². The molecule has 7 rings (SSSR count). The highest BCUT2D eigenvalue weighted by molar-refractivity contribution is 7.48. The minimum absolute atomic E-state index is 0.0574. The van der Waals surface area contributed by atoms with Crippen LogP contribution in [0.4, 0.5) is 13.2 Å². The zero-order chi connectivity index (χ0) is 99.5. The number of hydrogen-bond donors (Lipinski definition) is 1. The Morgan fingerprint density at radius 3 is 1.26 bits per heavy atom. The van der Waals surface area contributed by atoms with Crippen molar-refractivity contribution in [2.45, 2.75) is 294 Å². The molecule has 0 saturated carbocycles. The molecule has 4 saturated heterocycles. The number of halogens is 3. The van der Waals surface area contributed by atoms with Crippen molar-refractivity contribution in [1.29, 1.82) is 10.5 Å². The molecule has 24 atom stereocenters. The third-order valence-corrected chi connectivity index (χ3v) is 22.8. The normalized spacial score (nSPS) is 26.2. The minimum atomic E-state index is -5.27. The van der Waals surface area contributed by atoms with Gasteiger partial charge >= 0.3 is 85.4 Å². The summed E-state index contributed by atoms with van der Waals surface area (Å²) in [6.07, 6.45) is -13.7. The molecule has 0 spiro atoms. The first-order valence-corrected chi connectivity index (χ1v) is 43.8. The summed E-state index contributed by atoms with van der Waals surface area (Å²) in [6.45, 7) is 28.8. The molecule has 45 nitrogen and oxygen atoms in total. The number of esters is 13. The topological polar surface area (TPSA) is 570 Å². The van der Waals surface area contributed by atoms with E-state index in [0.717, 1.165) is 56.4 Å². The Kier molecular flexibility index (Phi) is 47.1. The fourth-order valence-corrected chi connectivity index (χ4v) is 17.1. The Balaban J connectivity index is 0.000000396. The zero-order valence-electron chi connectivity index (χ0n) is 76.9. The number of aromatic nitrogens is 5. The van der Waals surface area contributed by atoms with E-state index in [-0.39, 0.29) is 57.0 Å². The lowest BCUT2D eigenvalue weighted by atomic mass is 9.79. The Bertz CT molecular complexity index is 4470. The zero-order valence-corrected chi connectivity index (χ0v) is 78.7. The summed E-state index contributed by atoms with van der Waals surface area (Å²) >= 11 is 0. The average Bonchev–Trinajstić information content (AvgIpc) is 0.976. The number of ether oxygens (including phenoxy) is 17. The maximum Gasteiger partial charge on any atom is 0.478 e. The number of rotatable bonds is 37. The molecule has 6 heterocycles. The maximum atomic E-state index is 16.0. The molecule has 23 unspecified atom stereocenters. The number of nitriles is 2. The van der Waals surface area contributed by atoms with Crippen molar-refractivity contribution in [2.75, 3.05) is 39.6 Å². The van der Waals surface area contributed by atoms with E-state index in [4.69, 9.17) is 108 Å². The molecule has 0 radical (unpaired) electrons. The lowest BCUT2D eigenvalue weighted by Gasteiger charge is -2.45. The first-order chi connectivity index (χ1) is 61.8. The van der Waals surface area contributed by atoms with Crippen LogP contribution in [0.3, 0.4) is 0 Å². The van der Waals surface area contributed by atoms with Crippen molar-refractivity contribution in [3.63, 3.8) is 0 Å². The van der Waals surface area contributed by atoms with E-state index in [1.165, 1.54) is 89.4 Å². The molecule has 1 N–H and O–H groups in total. The molecular weight excluding hydrogens is 1810 g/mol. The Hall–Kier alpha value is -10.5. The van der Waals surface area contributed by atoms with Gasteiger partial charge in [-0.1, -0.05) is 40.7 Å². The summed E-state index contributed by atoms with van der Waals surface area (Å²) in [6, 6.07) is 6.35. The number of carbonyl (C=O) groups is 13. The number of phosphoric ester groups is 1. The Morgan fingerprint density at radius 2 is 0.879 bits per heavy atom. The van der Waals surface area contributed by atoms with E-state index in [1.807, 2.05) is 44.5 Å². The second-order valence-corrected chi connectivity index (χ2v) is 33.6. The highest BCUT2D eigenvalue weighted by Crippen LogP contribution is 2.61. The van der Waals surface area contributed by atoms with Crippen LogP contribution in [0.25, 0.3) is 0 Å². The van der Waals surface area contributed by atoms with Gasteiger partial charge in [-0.15, -0.1) is 0 Å². The molecule has 132 heavy (non-hydrogen) atoms. The van der Waals surface area contributed by atoms with Gasteiger partial charge in [0.2, 0.25) is 6.29 Å². The van der Waals surface area contributed by atoms with Gasteiger partial charge in [-0.2, -0.15) is 15.6 Å². The highest BCUT2D eigenvalue weighted by Gasteiger charge is 2.58. The van der Waals surface area contributed by atoms with E-state index >= 15 is 13.3 Å². The van der Waals surface area contributed by atoms with Crippen molar-refractivity contribution in [3.8, 4) is 12.1 Å². The fourth-order valence-electron chi connectivity index (χ4n) is 13.7. The van der Waals surface area contributed by atoms with Crippen LogP contribution < -0.4 is 0 Å². The molecule has 4 fully saturated rings. The summed E-state index contributed by atoms with van der Waals surface area (Å²) in [5, 5.41) is 32.1. The summed E-state index contributed by atoms with van der Waals surface area (Å²) in [7, 11) is -6.95. The number of phosphoric acid groups is 1. The van der Waals surface area contributed by atoms with E-state index in [1.54, 1.807) is 20.8 Å². The molecule has 736 valence electrons. The number of carbonyl (C=O) groups excluding carboxylic acids is 13. The molecule has 0 aliphatic carbocycles. The van der Waals surface area contributed by atoms with Gasteiger partial charge in [0.1, 0.15) is 111 Å². The van der Waals surface area contributed by atoms with Crippen LogP contribution in [0.2, 0.25) is 0 Å². The minimum Gasteiger partial charge on any atom is -0.463 e. The van der Waals surface area contributed by atoms with Crippen molar-refractivity contribution < 1.29 is 188 Å². The molecule has 3 aromatic rings. The van der Waals surface area contributed by atoms with Crippen LogP contribution in [0.1, 0.15) is 182 Å². The summed E-state index contributed by atoms with van der Waals surface area (Å²) in [5.74, 6) is -15.8. The third-order valence-electron chi connectivity index (χ3n) is 19.2. The third kappa shape index (κ3) is 36.2. The van der Waals surface area contributed by atoms with Gasteiger partial charge < -0.3 is 90.2 Å². The number of benzene rings is 1. The average molecular weight is 1920 g/mol. The van der Waals surface area contributed by atoms with Crippen molar-refractivity contribution in [2.24, 2.45) is 23.7 Å². The first-order valence-electron chi connectivity index (χ1n) is 41.2. The van der Waals surface area contributed by atoms with Crippen LogP contribution in [0.5, 0.6) is 0 Å². The molecule has 4 aliphatic heterocycles. The van der Waals surface area contributed by atoms with Gasteiger partial charge in [0, 0.05) is 137 Å². The van der Waals surface area contributed by atoms with Gasteiger partial charge in [0.25, 0.3) is 8.53 Å². The fraction of sp³-hybridized carbons (Fsp3) is 0.671. The van der Waals surface area contributed by atoms with E-state index < -0.39 is 270 Å². The van der Waals surface area contributed by atoms with Gasteiger partial charge in [-0.05, 0) is 33.8 Å². The van der Waals surface area contributed by atoms with Crippen molar-refractivity contribution in [3.05, 3.63) is 72.1 Å². The molecule has 0 bridgehead atoms. The Labute approximate surface area is 760 Å². The molecule has 4 aliphatic rings. The molecule has 0 amide bonds. The van der Waals surface area contributed by atoms with Crippen LogP contribution in [0, 0.1) is 63.8 Å². The number of nitrogens with zero attached hydrogens (tertiary/aromatic N) is 8. The lowest BCUT2D eigenvalue weighted by Crippen LogP contribution is -2.58. The first kappa shape index (κ1) is 114. The summed E-state index contributed by atoms with van der Waals surface area (Å²) in [5.41, 5.74) is -3.26. The van der Waals surface area contributed by atoms with Crippen LogP contribution in [0.15, 0.2) is 43.4 Å². The predicted molar refractivity (Wildman–Crippen MR) is 437 cm³/mol. The standard InChI is InChI=1S/C32H36F3N6O11P.C22H37N2O9P.C15H22O9.C13H20O8/c1-18-29(48-21(4)43)30(49-22(5)44)27(13-46-20(3)42)50-31(18)51-53(45,47-10-6-9-36)52-32(14-41-17-38-16-40-41,24-8-7-23(33)11-25(24)34)19(2)28-26(35)12-37-15-39-28;1-13(2)24(14(3)4)34(29-11-9-10-23)33-22-15(5)20(30-17(7)26)21(31-18(8)27)19(32-22)12-28-16(6)25;1-7-13(21-9(3)17)14(22-10(4)18)12(6-20-8(2)16)24-15(7)23-11(5)19;1-6-11(19-8(3)15)12(20-9(4)16)10(21-13(6)17)5-18-7(2)14/h7-8,11-12,15-19,27,29-31H,6,10,13-14H2,1-5H3;13-15,19-22H,9,11-12H2,1-8H3;7,12-15H,6H2,1-5H3;6,10-13,17H,5H2,1-4H3/t18?,19?,27?,29?,30?,31?,32-,53?;;;/m1.../s1. The Morgan fingerprint density at radius 1 is 0.500 bits per heavy atom. The predicted octanol–water partition coefficient (Wildman–Crippen LogP) is 7.21. The quantitative estimate of drug-likeness (QED) is 0.0258. The van der Waals surface area contributed by atoms with Crippen molar-refractivity contribution >= 4 is 93.9 Å². The second-order valence-electron chi connectivity index (χ2n) is 30.7. The highest BCUT2D eigenvalue weighted by atomic mass is 31.2. The number of hydrogen-bond acceptors (Lipinski definition) is 44. The molecule has 50 heteroatoms. The van der Waals surface area contributed by atoms with Gasteiger partial charge in [-0.3, -0.25) is 80.4 Å². The van der Waals surface area contributed by atoms with Crippen LogP contribution in [-0.2, 0) is 182 Å². The monoisotopic (exact) mass is 1920 g/mol. The second kappa shape index (κ2) is 54.6. The number of aliphatic hydroxyl groups is 1. The molecular formula is C82H115F3N8O37P2. The summed E-state index contributed by atoms with van der Waals surface area (Å²) in [4.78, 5) is 161. The molecule has 2 aromatic heterocycles. The van der Waals surface area contributed by atoms with Gasteiger partial charge in [0.05, 0.1) is 62.5 Å². The van der Waals surface area contributed by atoms with E-state index in [2.05, 4.69) is 20.1 Å². The van der Waals surface area contributed by atoms with E-state index in [0.29, 0.717) is 6.07 Å². The van der Waals surface area contributed by atoms with Gasteiger partial charge in [-0.25, -0.2) is 42.0 Å². The molecule has 1 aromatic carbocycles. The number of aliphatic hydroxyl groups excluding tert-OH is 1. The lowest BCUT2D eigenvalue weighted by molar-refractivity contribution is -0.281. The largest absolute Gasteiger partial charge is 0.478 e. The summed E-state index contributed by atoms with van der Waals surface area (Å²) < 4.78 is 185. The van der Waals surface area contributed by atoms with Crippen molar-refractivity contribution in [1.82, 2.24) is 29.4 Å². The van der Waals surface area contributed by atoms with E-state index in [9.17, 15) is 77.1 Å². The maximum absolute atomic E-state index is 16.0. The SMILES string of the molecule is CC(=O)OCC1OC(O)C(C)C(OC(C)=O)C1OC(C)=O.CC(=O)OCC1OC(OC(C)=O)C(C)C(OC(C)=O)C1OC(C)=O.CC(=O)OCC1OC(OP(=O)(OCCC#N)O[C@@](Cn2cncn2)(c2ccc(F)cc2F)C(C)c2ncncc2F)C(C)C(OC(C)=O)C1OC(C)=O.CC(=O)OCC1OC(OP(OCCC#N)N(C(C)C)C(C)C)C(C)C(OC(C)=O)C1OC(C)=O.